The SMILES string of the molecule is CCC(Oc1cccc(O)c1)c1cc(C2CCCNC2)c(CO)c(N)n1. The van der Waals surface area contributed by atoms with E-state index in [0.29, 0.717) is 23.9 Å². The van der Waals surface area contributed by atoms with Crippen molar-refractivity contribution in [2.45, 2.75) is 44.8 Å². The Labute approximate surface area is 154 Å². The standard InChI is InChI=1S/C20H27N3O3/c1-2-19(26-15-7-3-6-14(25)9-15)18-10-16(13-5-4-8-22-11-13)17(12-24)20(21)23-18/h3,6-7,9-10,13,19,22,24-25H,2,4-5,8,11-12H2,1H3,(H2,21,23). The Morgan fingerprint density at radius 2 is 2.23 bits per heavy atom. The number of pyridine rings is 1. The Kier molecular flexibility index (Phi) is 5.96. The van der Waals surface area contributed by atoms with Gasteiger partial charge in [-0.15, -0.1) is 0 Å². The van der Waals surface area contributed by atoms with Crippen LogP contribution in [0.1, 0.15) is 55.0 Å². The van der Waals surface area contributed by atoms with Gasteiger partial charge >= 0.3 is 0 Å². The molecule has 0 amide bonds. The summed E-state index contributed by atoms with van der Waals surface area (Å²) in [6.45, 7) is 3.80. The van der Waals surface area contributed by atoms with E-state index in [9.17, 15) is 10.2 Å². The highest BCUT2D eigenvalue weighted by atomic mass is 16.5. The maximum atomic E-state index is 9.78. The molecule has 0 saturated carbocycles. The van der Waals surface area contributed by atoms with Gasteiger partial charge in [0.2, 0.25) is 0 Å². The minimum Gasteiger partial charge on any atom is -0.508 e. The average Bonchev–Trinajstić information content (AvgIpc) is 2.66. The number of nitrogen functional groups attached to an aromatic ring is 1. The summed E-state index contributed by atoms with van der Waals surface area (Å²) >= 11 is 0. The Morgan fingerprint density at radius 3 is 2.88 bits per heavy atom. The molecule has 6 heteroatoms. The van der Waals surface area contributed by atoms with Crippen molar-refractivity contribution in [2.75, 3.05) is 18.8 Å². The average molecular weight is 357 g/mol. The van der Waals surface area contributed by atoms with Crippen molar-refractivity contribution in [2.24, 2.45) is 0 Å². The lowest BCUT2D eigenvalue weighted by atomic mass is 9.88. The number of aliphatic hydroxyl groups is 1. The molecule has 26 heavy (non-hydrogen) atoms. The van der Waals surface area contributed by atoms with Crippen molar-refractivity contribution < 1.29 is 14.9 Å². The molecule has 0 aliphatic carbocycles. The van der Waals surface area contributed by atoms with E-state index in [-0.39, 0.29) is 18.5 Å². The van der Waals surface area contributed by atoms with Gasteiger partial charge in [-0.3, -0.25) is 0 Å². The molecule has 2 atom stereocenters. The zero-order valence-corrected chi connectivity index (χ0v) is 15.1. The first-order valence-corrected chi connectivity index (χ1v) is 9.18. The molecule has 2 aromatic rings. The molecule has 140 valence electrons. The highest BCUT2D eigenvalue weighted by Crippen LogP contribution is 2.33. The molecule has 0 spiro atoms. The van der Waals surface area contributed by atoms with Crippen LogP contribution in [-0.4, -0.2) is 28.3 Å². The van der Waals surface area contributed by atoms with Crippen molar-refractivity contribution in [3.8, 4) is 11.5 Å². The molecule has 2 heterocycles. The van der Waals surface area contributed by atoms with E-state index in [2.05, 4.69) is 10.3 Å². The molecule has 1 aliphatic rings. The van der Waals surface area contributed by atoms with Crippen molar-refractivity contribution in [3.05, 3.63) is 47.2 Å². The van der Waals surface area contributed by atoms with Crippen LogP contribution < -0.4 is 15.8 Å². The number of piperidine rings is 1. The Balaban J connectivity index is 1.93. The molecule has 1 aromatic heterocycles. The molecule has 1 saturated heterocycles. The largest absolute Gasteiger partial charge is 0.508 e. The van der Waals surface area contributed by atoms with E-state index in [1.165, 1.54) is 0 Å². The molecule has 5 N–H and O–H groups in total. The fraction of sp³-hybridized carbons (Fsp3) is 0.450. The molecule has 6 nitrogen and oxygen atoms in total. The summed E-state index contributed by atoms with van der Waals surface area (Å²) < 4.78 is 6.05. The number of phenols is 1. The zero-order valence-electron chi connectivity index (χ0n) is 15.1. The third-order valence-electron chi connectivity index (χ3n) is 4.90. The second kappa shape index (κ2) is 8.38. The summed E-state index contributed by atoms with van der Waals surface area (Å²) in [5.74, 6) is 1.43. The highest BCUT2D eigenvalue weighted by Gasteiger charge is 2.23. The normalized spacial score (nSPS) is 18.5. The third kappa shape index (κ3) is 4.08. The quantitative estimate of drug-likeness (QED) is 0.634. The lowest BCUT2D eigenvalue weighted by molar-refractivity contribution is 0.195. The predicted molar refractivity (Wildman–Crippen MR) is 101 cm³/mol. The topological polar surface area (TPSA) is 101 Å². The Bertz CT molecular complexity index is 745. The van der Waals surface area contributed by atoms with Crippen molar-refractivity contribution in [1.82, 2.24) is 10.3 Å². The fourth-order valence-corrected chi connectivity index (χ4v) is 3.53. The summed E-state index contributed by atoms with van der Waals surface area (Å²) in [4.78, 5) is 4.50. The predicted octanol–water partition coefficient (Wildman–Crippen LogP) is 2.86. The van der Waals surface area contributed by atoms with Gasteiger partial charge in [-0.2, -0.15) is 0 Å². The second-order valence-corrected chi connectivity index (χ2v) is 6.71. The molecule has 0 radical (unpaired) electrons. The van der Waals surface area contributed by atoms with Crippen LogP contribution in [0.3, 0.4) is 0 Å². The lowest BCUT2D eigenvalue weighted by Crippen LogP contribution is -2.29. The summed E-state index contributed by atoms with van der Waals surface area (Å²) in [6, 6.07) is 8.76. The van der Waals surface area contributed by atoms with Gasteiger partial charge in [-0.1, -0.05) is 13.0 Å². The number of benzene rings is 1. The molecular weight excluding hydrogens is 330 g/mol. The van der Waals surface area contributed by atoms with Crippen LogP contribution in [0.4, 0.5) is 5.82 Å². The van der Waals surface area contributed by atoms with Crippen LogP contribution in [0.5, 0.6) is 11.5 Å². The molecule has 2 unspecified atom stereocenters. The number of rotatable bonds is 6. The maximum Gasteiger partial charge on any atom is 0.140 e. The van der Waals surface area contributed by atoms with Crippen molar-refractivity contribution in [1.29, 1.82) is 0 Å². The van der Waals surface area contributed by atoms with E-state index in [4.69, 9.17) is 10.5 Å². The van der Waals surface area contributed by atoms with Gasteiger partial charge in [0.05, 0.1) is 12.3 Å². The minimum atomic E-state index is -0.276. The number of aliphatic hydroxyl groups excluding tert-OH is 1. The lowest BCUT2D eigenvalue weighted by Gasteiger charge is -2.27. The maximum absolute atomic E-state index is 9.78. The summed E-state index contributed by atoms with van der Waals surface area (Å²) in [6.07, 6.45) is 2.60. The monoisotopic (exact) mass is 357 g/mol. The number of ether oxygens (including phenoxy) is 1. The zero-order chi connectivity index (χ0) is 18.5. The number of nitrogens with two attached hydrogens (primary N) is 1. The van der Waals surface area contributed by atoms with Gasteiger partial charge in [0.1, 0.15) is 23.4 Å². The number of phenolic OH excluding ortho intramolecular Hbond substituents is 1. The molecule has 1 fully saturated rings. The van der Waals surface area contributed by atoms with Gasteiger partial charge in [0, 0.05) is 18.2 Å². The number of hydrogen-bond acceptors (Lipinski definition) is 6. The van der Waals surface area contributed by atoms with Gasteiger partial charge in [0.15, 0.2) is 0 Å². The summed E-state index contributed by atoms with van der Waals surface area (Å²) in [5.41, 5.74) is 8.69. The Hall–Kier alpha value is -2.31. The highest BCUT2D eigenvalue weighted by molar-refractivity contribution is 5.48. The smallest absolute Gasteiger partial charge is 0.140 e. The van der Waals surface area contributed by atoms with E-state index in [0.717, 1.165) is 42.8 Å². The molecule has 1 aliphatic heterocycles. The van der Waals surface area contributed by atoms with E-state index >= 15 is 0 Å². The van der Waals surface area contributed by atoms with E-state index in [1.807, 2.05) is 13.0 Å². The van der Waals surface area contributed by atoms with Crippen molar-refractivity contribution in [3.63, 3.8) is 0 Å². The summed E-state index contributed by atoms with van der Waals surface area (Å²) in [7, 11) is 0. The fourth-order valence-electron chi connectivity index (χ4n) is 3.53. The number of aromatic hydroxyl groups is 1. The van der Waals surface area contributed by atoms with Crippen LogP contribution in [0, 0.1) is 0 Å². The first-order chi connectivity index (χ1) is 12.6. The molecule has 0 bridgehead atoms. The van der Waals surface area contributed by atoms with Gasteiger partial charge in [0.25, 0.3) is 0 Å². The van der Waals surface area contributed by atoms with Crippen LogP contribution in [-0.2, 0) is 6.61 Å². The van der Waals surface area contributed by atoms with Crippen molar-refractivity contribution >= 4 is 5.82 Å². The molecule has 1 aromatic carbocycles. The Morgan fingerprint density at radius 1 is 1.38 bits per heavy atom. The summed E-state index contributed by atoms with van der Waals surface area (Å²) in [5, 5.41) is 22.8. The van der Waals surface area contributed by atoms with Gasteiger partial charge < -0.3 is 26.0 Å². The first-order valence-electron chi connectivity index (χ1n) is 9.18. The number of hydrogen-bond donors (Lipinski definition) is 4. The molecule has 3 rings (SSSR count). The first kappa shape index (κ1) is 18.5. The van der Waals surface area contributed by atoms with Crippen LogP contribution in [0.25, 0.3) is 0 Å². The van der Waals surface area contributed by atoms with Crippen LogP contribution >= 0.6 is 0 Å². The van der Waals surface area contributed by atoms with E-state index < -0.39 is 0 Å². The number of aromatic nitrogens is 1. The molecular formula is C20H27N3O3. The minimum absolute atomic E-state index is 0.116. The van der Waals surface area contributed by atoms with Crippen LogP contribution in [0.15, 0.2) is 30.3 Å². The van der Waals surface area contributed by atoms with Gasteiger partial charge in [-0.05, 0) is 55.5 Å². The van der Waals surface area contributed by atoms with Gasteiger partial charge in [-0.25, -0.2) is 4.98 Å². The number of nitrogens with zero attached hydrogens (tertiary/aromatic N) is 1. The number of anilines is 1. The third-order valence-corrected chi connectivity index (χ3v) is 4.90. The van der Waals surface area contributed by atoms with Crippen LogP contribution in [0.2, 0.25) is 0 Å². The second-order valence-electron chi connectivity index (χ2n) is 6.71. The number of nitrogens with one attached hydrogen (secondary N) is 1. The van der Waals surface area contributed by atoms with E-state index in [1.54, 1.807) is 24.3 Å².